The second-order valence-electron chi connectivity index (χ2n) is 5.52. The van der Waals surface area contributed by atoms with Crippen LogP contribution in [0.25, 0.3) is 16.8 Å². The first-order chi connectivity index (χ1) is 12.7. The molecule has 26 heavy (non-hydrogen) atoms. The summed E-state index contributed by atoms with van der Waals surface area (Å²) < 4.78 is 1.79. The van der Waals surface area contributed by atoms with Crippen molar-refractivity contribution < 1.29 is 4.79 Å². The molecule has 0 aliphatic heterocycles. The second-order valence-corrected chi connectivity index (χ2v) is 5.52. The van der Waals surface area contributed by atoms with E-state index in [4.69, 9.17) is 5.26 Å². The van der Waals surface area contributed by atoms with Crippen molar-refractivity contribution in [1.82, 2.24) is 19.6 Å². The average Bonchev–Trinajstić information content (AvgIpc) is 3.34. The standard InChI is InChI=1S/C18H13N7O/c19-9-12-1-3-13(4-2-12)22-18(26)23-17-15(16-7-8-21-24-16)6-5-14-10-20-11-25(14)17/h1-8,10-11H,(H,21,24)(H2,22,23,26). The van der Waals surface area contributed by atoms with Crippen LogP contribution in [0.5, 0.6) is 0 Å². The Bertz CT molecular complexity index is 1100. The molecule has 0 aliphatic rings. The van der Waals surface area contributed by atoms with Crippen molar-refractivity contribution in [3.8, 4) is 17.3 Å². The summed E-state index contributed by atoms with van der Waals surface area (Å²) in [7, 11) is 0. The third kappa shape index (κ3) is 2.85. The summed E-state index contributed by atoms with van der Waals surface area (Å²) in [6, 6.07) is 13.9. The molecular weight excluding hydrogens is 330 g/mol. The molecule has 2 amide bonds. The lowest BCUT2D eigenvalue weighted by molar-refractivity contribution is 0.262. The van der Waals surface area contributed by atoms with Gasteiger partial charge in [-0.3, -0.25) is 14.8 Å². The van der Waals surface area contributed by atoms with Crippen LogP contribution in [0.15, 0.2) is 61.2 Å². The fraction of sp³-hybridized carbons (Fsp3) is 0. The van der Waals surface area contributed by atoms with E-state index in [0.717, 1.165) is 16.8 Å². The molecule has 4 aromatic rings. The highest BCUT2D eigenvalue weighted by atomic mass is 16.2. The first-order valence-electron chi connectivity index (χ1n) is 7.77. The van der Waals surface area contributed by atoms with Crippen molar-refractivity contribution in [2.24, 2.45) is 0 Å². The molecule has 0 unspecified atom stereocenters. The Balaban J connectivity index is 1.65. The van der Waals surface area contributed by atoms with Crippen molar-refractivity contribution >= 4 is 23.1 Å². The van der Waals surface area contributed by atoms with Gasteiger partial charge in [0.25, 0.3) is 0 Å². The summed E-state index contributed by atoms with van der Waals surface area (Å²) >= 11 is 0. The third-order valence-electron chi connectivity index (χ3n) is 3.88. The number of nitrogens with one attached hydrogen (secondary N) is 3. The number of carbonyl (C=O) groups is 1. The van der Waals surface area contributed by atoms with Crippen LogP contribution in [0.3, 0.4) is 0 Å². The van der Waals surface area contributed by atoms with Crippen molar-refractivity contribution in [2.45, 2.75) is 0 Å². The molecule has 0 atom stereocenters. The van der Waals surface area contributed by atoms with E-state index in [0.29, 0.717) is 17.1 Å². The normalized spacial score (nSPS) is 10.4. The molecule has 126 valence electrons. The highest BCUT2D eigenvalue weighted by molar-refractivity contribution is 6.01. The Morgan fingerprint density at radius 3 is 2.69 bits per heavy atom. The van der Waals surface area contributed by atoms with Gasteiger partial charge in [0.2, 0.25) is 0 Å². The van der Waals surface area contributed by atoms with Crippen LogP contribution >= 0.6 is 0 Å². The number of hydrogen-bond acceptors (Lipinski definition) is 4. The Hall–Kier alpha value is -4.12. The maximum Gasteiger partial charge on any atom is 0.324 e. The van der Waals surface area contributed by atoms with Gasteiger partial charge in [0.1, 0.15) is 12.1 Å². The summed E-state index contributed by atoms with van der Waals surface area (Å²) in [6.07, 6.45) is 4.99. The lowest BCUT2D eigenvalue weighted by Crippen LogP contribution is -2.21. The van der Waals surface area contributed by atoms with Crippen LogP contribution in [0.1, 0.15) is 5.56 Å². The molecule has 1 aromatic carbocycles. The summed E-state index contributed by atoms with van der Waals surface area (Å²) in [5, 5.41) is 21.3. The number of amides is 2. The van der Waals surface area contributed by atoms with E-state index in [-0.39, 0.29) is 0 Å². The van der Waals surface area contributed by atoms with Gasteiger partial charge in [0, 0.05) is 17.4 Å². The predicted octanol–water partition coefficient (Wildman–Crippen LogP) is 3.24. The predicted molar refractivity (Wildman–Crippen MR) is 96.6 cm³/mol. The number of benzene rings is 1. The van der Waals surface area contributed by atoms with Crippen molar-refractivity contribution in [2.75, 3.05) is 10.6 Å². The zero-order chi connectivity index (χ0) is 17.9. The largest absolute Gasteiger partial charge is 0.324 e. The maximum atomic E-state index is 12.5. The monoisotopic (exact) mass is 343 g/mol. The van der Waals surface area contributed by atoms with Gasteiger partial charge in [-0.25, -0.2) is 9.78 Å². The number of carbonyl (C=O) groups excluding carboxylic acids is 1. The van der Waals surface area contributed by atoms with E-state index in [1.54, 1.807) is 47.4 Å². The molecular formula is C18H13N7O. The zero-order valence-electron chi connectivity index (χ0n) is 13.5. The molecule has 0 fully saturated rings. The van der Waals surface area contributed by atoms with Gasteiger partial charge in [0.15, 0.2) is 0 Å². The molecule has 8 heteroatoms. The number of rotatable bonds is 3. The molecule has 3 aromatic heterocycles. The van der Waals surface area contributed by atoms with E-state index in [1.807, 2.05) is 24.3 Å². The Morgan fingerprint density at radius 1 is 1.12 bits per heavy atom. The van der Waals surface area contributed by atoms with Crippen LogP contribution < -0.4 is 10.6 Å². The van der Waals surface area contributed by atoms with Gasteiger partial charge >= 0.3 is 6.03 Å². The van der Waals surface area contributed by atoms with Gasteiger partial charge in [-0.1, -0.05) is 0 Å². The molecule has 3 N–H and O–H groups in total. The van der Waals surface area contributed by atoms with Gasteiger partial charge in [-0.2, -0.15) is 10.4 Å². The molecule has 0 spiro atoms. The Morgan fingerprint density at radius 2 is 1.96 bits per heavy atom. The van der Waals surface area contributed by atoms with Crippen LogP contribution in [0, 0.1) is 11.3 Å². The topological polar surface area (TPSA) is 111 Å². The van der Waals surface area contributed by atoms with E-state index in [1.165, 1.54) is 0 Å². The molecule has 0 saturated carbocycles. The first kappa shape index (κ1) is 15.4. The van der Waals surface area contributed by atoms with Crippen LogP contribution in [-0.4, -0.2) is 25.6 Å². The van der Waals surface area contributed by atoms with Gasteiger partial charge in [-0.05, 0) is 42.5 Å². The molecule has 3 heterocycles. The van der Waals surface area contributed by atoms with Crippen LogP contribution in [0.4, 0.5) is 16.3 Å². The smallest absolute Gasteiger partial charge is 0.308 e. The summed E-state index contributed by atoms with van der Waals surface area (Å²) in [6.45, 7) is 0. The Labute approximate surface area is 148 Å². The summed E-state index contributed by atoms with van der Waals surface area (Å²) in [5.74, 6) is 0.565. The lowest BCUT2D eigenvalue weighted by Gasteiger charge is -2.13. The first-order valence-corrected chi connectivity index (χ1v) is 7.77. The van der Waals surface area contributed by atoms with Gasteiger partial charge < -0.3 is 5.32 Å². The maximum absolute atomic E-state index is 12.5. The Kier molecular flexibility index (Phi) is 3.80. The SMILES string of the molecule is N#Cc1ccc(NC(=O)Nc2c(-c3ccn[nH]3)ccc3cncn23)cc1. The molecule has 4 rings (SSSR count). The van der Waals surface area contributed by atoms with E-state index >= 15 is 0 Å². The molecule has 0 bridgehead atoms. The number of fused-ring (bicyclic) bond motifs is 1. The van der Waals surface area contributed by atoms with Gasteiger partial charge in [-0.15, -0.1) is 0 Å². The molecule has 0 radical (unpaired) electrons. The van der Waals surface area contributed by atoms with Crippen LogP contribution in [-0.2, 0) is 0 Å². The minimum atomic E-state index is -0.406. The minimum absolute atomic E-state index is 0.406. The van der Waals surface area contributed by atoms with Gasteiger partial charge in [0.05, 0.1) is 29.0 Å². The zero-order valence-corrected chi connectivity index (χ0v) is 13.5. The number of aromatic nitrogens is 4. The number of urea groups is 1. The second kappa shape index (κ2) is 6.41. The molecule has 0 saturated heterocycles. The van der Waals surface area contributed by atoms with Crippen molar-refractivity contribution in [3.05, 3.63) is 66.7 Å². The fourth-order valence-corrected chi connectivity index (χ4v) is 2.64. The van der Waals surface area contributed by atoms with Crippen molar-refractivity contribution in [1.29, 1.82) is 5.26 Å². The molecule has 8 nitrogen and oxygen atoms in total. The number of pyridine rings is 1. The number of nitrogens with zero attached hydrogens (tertiary/aromatic N) is 4. The average molecular weight is 343 g/mol. The minimum Gasteiger partial charge on any atom is -0.308 e. The highest BCUT2D eigenvalue weighted by Gasteiger charge is 2.14. The summed E-state index contributed by atoms with van der Waals surface area (Å²) in [4.78, 5) is 16.6. The summed E-state index contributed by atoms with van der Waals surface area (Å²) in [5.41, 5.74) is 3.52. The third-order valence-corrected chi connectivity index (χ3v) is 3.88. The van der Waals surface area contributed by atoms with E-state index < -0.39 is 6.03 Å². The highest BCUT2D eigenvalue weighted by Crippen LogP contribution is 2.27. The van der Waals surface area contributed by atoms with Crippen molar-refractivity contribution in [3.63, 3.8) is 0 Å². The van der Waals surface area contributed by atoms with Crippen LogP contribution in [0.2, 0.25) is 0 Å². The number of imidazole rings is 1. The lowest BCUT2D eigenvalue weighted by atomic mass is 10.2. The number of anilines is 2. The number of hydrogen-bond donors (Lipinski definition) is 3. The number of aromatic amines is 1. The number of H-pyrrole nitrogens is 1. The molecule has 0 aliphatic carbocycles. The van der Waals surface area contributed by atoms with E-state index in [9.17, 15) is 4.79 Å². The van der Waals surface area contributed by atoms with E-state index in [2.05, 4.69) is 25.8 Å². The fourth-order valence-electron chi connectivity index (χ4n) is 2.64. The number of nitriles is 1. The quantitative estimate of drug-likeness (QED) is 0.530.